The van der Waals surface area contributed by atoms with Crippen LogP contribution in [0.25, 0.3) is 0 Å². The normalized spacial score (nSPS) is 21.2. The van der Waals surface area contributed by atoms with Gasteiger partial charge in [-0.1, -0.05) is 18.2 Å². The molecule has 72 valence electrons. The standard InChI is InChI=1S/C10H10N2OS/c1-7-9(13)12(10(14)11-7)8-5-3-2-4-6-8/h2-7H,1H3,(H,11,14)/t7-/m0/s1. The minimum absolute atomic E-state index is 0.00111. The van der Waals surface area contributed by atoms with E-state index in [1.807, 2.05) is 30.3 Å². The van der Waals surface area contributed by atoms with E-state index in [2.05, 4.69) is 5.32 Å². The molecular weight excluding hydrogens is 196 g/mol. The van der Waals surface area contributed by atoms with Crippen LogP contribution in [0.5, 0.6) is 0 Å². The second kappa shape index (κ2) is 3.38. The van der Waals surface area contributed by atoms with Crippen molar-refractivity contribution in [3.05, 3.63) is 30.3 Å². The fourth-order valence-corrected chi connectivity index (χ4v) is 1.80. The van der Waals surface area contributed by atoms with Crippen molar-refractivity contribution >= 4 is 28.9 Å². The molecule has 0 spiro atoms. The molecule has 1 aromatic carbocycles. The Morgan fingerprint density at radius 2 is 2.00 bits per heavy atom. The lowest BCUT2D eigenvalue weighted by molar-refractivity contribution is -0.117. The summed E-state index contributed by atoms with van der Waals surface area (Å²) in [6, 6.07) is 9.18. The average Bonchev–Trinajstić information content (AvgIpc) is 2.43. The van der Waals surface area contributed by atoms with Gasteiger partial charge in [-0.15, -0.1) is 0 Å². The van der Waals surface area contributed by atoms with E-state index in [1.165, 1.54) is 4.90 Å². The fourth-order valence-electron chi connectivity index (χ4n) is 1.43. The summed E-state index contributed by atoms with van der Waals surface area (Å²) in [6.07, 6.45) is 0. The molecule has 1 atom stereocenters. The number of benzene rings is 1. The monoisotopic (exact) mass is 206 g/mol. The molecule has 0 aromatic heterocycles. The van der Waals surface area contributed by atoms with Gasteiger partial charge in [0, 0.05) is 0 Å². The maximum atomic E-state index is 11.7. The SMILES string of the molecule is C[C@@H]1NC(=S)N(c2ccccc2)C1=O. The van der Waals surface area contributed by atoms with E-state index in [-0.39, 0.29) is 11.9 Å². The van der Waals surface area contributed by atoms with Crippen molar-refractivity contribution in [2.45, 2.75) is 13.0 Å². The highest BCUT2D eigenvalue weighted by atomic mass is 32.1. The van der Waals surface area contributed by atoms with E-state index in [0.29, 0.717) is 5.11 Å². The quantitative estimate of drug-likeness (QED) is 0.703. The molecule has 14 heavy (non-hydrogen) atoms. The van der Waals surface area contributed by atoms with Gasteiger partial charge in [0.05, 0.1) is 5.69 Å². The third-order valence-corrected chi connectivity index (χ3v) is 2.45. The number of hydrogen-bond acceptors (Lipinski definition) is 2. The summed E-state index contributed by atoms with van der Waals surface area (Å²) in [5, 5.41) is 3.40. The Kier molecular flexibility index (Phi) is 2.21. The number of thiocarbonyl (C=S) groups is 1. The van der Waals surface area contributed by atoms with Gasteiger partial charge in [0.1, 0.15) is 6.04 Å². The minimum Gasteiger partial charge on any atom is -0.350 e. The fraction of sp³-hybridized carbons (Fsp3) is 0.200. The molecule has 0 bridgehead atoms. The molecule has 1 amide bonds. The molecule has 1 saturated heterocycles. The van der Waals surface area contributed by atoms with Crippen molar-refractivity contribution in [1.29, 1.82) is 0 Å². The van der Waals surface area contributed by atoms with Crippen LogP contribution in [0.4, 0.5) is 5.69 Å². The lowest BCUT2D eigenvalue weighted by Gasteiger charge is -2.13. The number of rotatable bonds is 1. The molecule has 0 aliphatic carbocycles. The van der Waals surface area contributed by atoms with Gasteiger partial charge < -0.3 is 5.32 Å². The summed E-state index contributed by atoms with van der Waals surface area (Å²) in [7, 11) is 0. The molecule has 0 saturated carbocycles. The largest absolute Gasteiger partial charge is 0.350 e. The molecule has 1 aliphatic heterocycles. The van der Waals surface area contributed by atoms with E-state index < -0.39 is 0 Å². The zero-order valence-corrected chi connectivity index (χ0v) is 8.54. The summed E-state index contributed by atoms with van der Waals surface area (Å²) in [4.78, 5) is 13.2. The van der Waals surface area contributed by atoms with Crippen molar-refractivity contribution in [3.63, 3.8) is 0 Å². The summed E-state index contributed by atoms with van der Waals surface area (Å²) in [5.41, 5.74) is 0.819. The first-order valence-corrected chi connectivity index (χ1v) is 4.80. The third-order valence-electron chi connectivity index (χ3n) is 2.15. The van der Waals surface area contributed by atoms with Crippen LogP contribution in [0.3, 0.4) is 0 Å². The highest BCUT2D eigenvalue weighted by molar-refractivity contribution is 7.80. The molecule has 2 rings (SSSR count). The second-order valence-corrected chi connectivity index (χ2v) is 3.57. The van der Waals surface area contributed by atoms with Gasteiger partial charge in [0.25, 0.3) is 5.91 Å². The number of amides is 1. The van der Waals surface area contributed by atoms with Gasteiger partial charge in [0.15, 0.2) is 5.11 Å². The first kappa shape index (κ1) is 9.15. The molecule has 1 N–H and O–H groups in total. The van der Waals surface area contributed by atoms with Crippen LogP contribution >= 0.6 is 12.2 Å². The number of anilines is 1. The maximum Gasteiger partial charge on any atom is 0.255 e. The van der Waals surface area contributed by atoms with Crippen molar-refractivity contribution in [3.8, 4) is 0 Å². The number of nitrogens with one attached hydrogen (secondary N) is 1. The Hall–Kier alpha value is -1.42. The predicted molar refractivity (Wildman–Crippen MR) is 59.1 cm³/mol. The van der Waals surface area contributed by atoms with E-state index in [4.69, 9.17) is 12.2 Å². The van der Waals surface area contributed by atoms with E-state index in [0.717, 1.165) is 5.69 Å². The zero-order chi connectivity index (χ0) is 10.1. The topological polar surface area (TPSA) is 32.3 Å². The average molecular weight is 206 g/mol. The molecule has 0 radical (unpaired) electrons. The molecule has 4 heteroatoms. The molecule has 1 aromatic rings. The van der Waals surface area contributed by atoms with Gasteiger partial charge in [-0.25, -0.2) is 0 Å². The highest BCUT2D eigenvalue weighted by Gasteiger charge is 2.32. The molecule has 1 fully saturated rings. The lowest BCUT2D eigenvalue weighted by Crippen LogP contribution is -2.30. The minimum atomic E-state index is -0.220. The Balaban J connectivity index is 2.36. The predicted octanol–water partition coefficient (Wildman–Crippen LogP) is 1.30. The first-order chi connectivity index (χ1) is 6.70. The van der Waals surface area contributed by atoms with Gasteiger partial charge in [-0.3, -0.25) is 9.69 Å². The Morgan fingerprint density at radius 3 is 2.50 bits per heavy atom. The third kappa shape index (κ3) is 1.37. The zero-order valence-electron chi connectivity index (χ0n) is 7.73. The highest BCUT2D eigenvalue weighted by Crippen LogP contribution is 2.18. The Morgan fingerprint density at radius 1 is 1.36 bits per heavy atom. The maximum absolute atomic E-state index is 11.7. The van der Waals surface area contributed by atoms with Crippen molar-refractivity contribution in [1.82, 2.24) is 5.32 Å². The lowest BCUT2D eigenvalue weighted by atomic mass is 10.3. The van der Waals surface area contributed by atoms with E-state index in [9.17, 15) is 4.79 Å². The van der Waals surface area contributed by atoms with Crippen LogP contribution < -0.4 is 10.2 Å². The van der Waals surface area contributed by atoms with E-state index in [1.54, 1.807) is 6.92 Å². The number of carbonyl (C=O) groups excluding carboxylic acids is 1. The molecule has 1 heterocycles. The van der Waals surface area contributed by atoms with Crippen LogP contribution in [-0.4, -0.2) is 17.1 Å². The smallest absolute Gasteiger partial charge is 0.255 e. The number of para-hydroxylation sites is 1. The van der Waals surface area contributed by atoms with Crippen LogP contribution in [0, 0.1) is 0 Å². The Bertz CT molecular complexity index is 377. The van der Waals surface area contributed by atoms with Crippen molar-refractivity contribution in [2.75, 3.05) is 4.90 Å². The summed E-state index contributed by atoms with van der Waals surface area (Å²) < 4.78 is 0. The molecular formula is C10H10N2OS. The van der Waals surface area contributed by atoms with Crippen LogP contribution in [0.15, 0.2) is 30.3 Å². The van der Waals surface area contributed by atoms with Crippen molar-refractivity contribution < 1.29 is 4.79 Å². The molecule has 1 aliphatic rings. The number of nitrogens with zero attached hydrogens (tertiary/aromatic N) is 1. The van der Waals surface area contributed by atoms with Crippen LogP contribution in [0.1, 0.15) is 6.92 Å². The second-order valence-electron chi connectivity index (χ2n) is 3.18. The van der Waals surface area contributed by atoms with E-state index >= 15 is 0 Å². The summed E-state index contributed by atoms with van der Waals surface area (Å²) in [6.45, 7) is 1.80. The number of carbonyl (C=O) groups is 1. The molecule has 3 nitrogen and oxygen atoms in total. The Labute approximate surface area is 87.7 Å². The first-order valence-electron chi connectivity index (χ1n) is 4.39. The van der Waals surface area contributed by atoms with Gasteiger partial charge in [-0.2, -0.15) is 0 Å². The van der Waals surface area contributed by atoms with Crippen LogP contribution in [0.2, 0.25) is 0 Å². The van der Waals surface area contributed by atoms with Crippen LogP contribution in [-0.2, 0) is 4.79 Å². The summed E-state index contributed by atoms with van der Waals surface area (Å²) >= 11 is 5.07. The van der Waals surface area contributed by atoms with Crippen molar-refractivity contribution in [2.24, 2.45) is 0 Å². The number of hydrogen-bond donors (Lipinski definition) is 1. The molecule has 0 unspecified atom stereocenters. The van der Waals surface area contributed by atoms with Gasteiger partial charge in [-0.05, 0) is 31.3 Å². The van der Waals surface area contributed by atoms with Gasteiger partial charge in [0.2, 0.25) is 0 Å². The summed E-state index contributed by atoms with van der Waals surface area (Å²) in [5.74, 6) is 0.00111. The van der Waals surface area contributed by atoms with Gasteiger partial charge >= 0.3 is 0 Å².